The molecule has 1 fully saturated rings. The fourth-order valence-corrected chi connectivity index (χ4v) is 4.84. The molecule has 1 saturated carbocycles. The van der Waals surface area contributed by atoms with E-state index >= 15 is 0 Å². The fourth-order valence-electron chi connectivity index (χ4n) is 4.84. The summed E-state index contributed by atoms with van der Waals surface area (Å²) >= 11 is 0. The Bertz CT molecular complexity index is 1300. The molecule has 0 bridgehead atoms. The summed E-state index contributed by atoms with van der Waals surface area (Å²) in [7, 11) is 0. The van der Waals surface area contributed by atoms with Crippen LogP contribution in [0.25, 0.3) is 22.4 Å². The number of benzene rings is 3. The molecule has 34 heavy (non-hydrogen) atoms. The van der Waals surface area contributed by atoms with Crippen LogP contribution in [0.2, 0.25) is 0 Å². The molecule has 0 radical (unpaired) electrons. The van der Waals surface area contributed by atoms with E-state index in [0.717, 1.165) is 53.9 Å². The Balaban J connectivity index is 1.47. The van der Waals surface area contributed by atoms with E-state index in [1.807, 2.05) is 60.7 Å². The number of imidazole rings is 1. The number of carboxylic acids is 1. The van der Waals surface area contributed by atoms with Crippen LogP contribution in [-0.2, 0) is 6.61 Å². The molecule has 5 nitrogen and oxygen atoms in total. The maximum absolute atomic E-state index is 11.5. The lowest BCUT2D eigenvalue weighted by atomic mass is 9.86. The number of allylic oxidation sites excluding steroid dienone is 1. The Labute approximate surface area is 199 Å². The molecular formula is C29H28N2O3. The van der Waals surface area contributed by atoms with E-state index in [0.29, 0.717) is 24.1 Å². The number of hydrogen-bond acceptors (Lipinski definition) is 3. The molecule has 0 saturated heterocycles. The normalized spacial score (nSPS) is 18.0. The van der Waals surface area contributed by atoms with Crippen molar-refractivity contribution in [1.29, 1.82) is 0 Å². The third-order valence-electron chi connectivity index (χ3n) is 6.74. The second-order valence-corrected chi connectivity index (χ2v) is 8.92. The van der Waals surface area contributed by atoms with Gasteiger partial charge in [0, 0.05) is 11.6 Å². The Morgan fingerprint density at radius 3 is 2.44 bits per heavy atom. The topological polar surface area (TPSA) is 64.4 Å². The average Bonchev–Trinajstić information content (AvgIpc) is 3.27. The number of aromatic carboxylic acids is 1. The highest BCUT2D eigenvalue weighted by Gasteiger charge is 2.25. The first-order valence-corrected chi connectivity index (χ1v) is 11.8. The minimum Gasteiger partial charge on any atom is -0.489 e. The Morgan fingerprint density at radius 1 is 1.03 bits per heavy atom. The molecule has 172 valence electrons. The molecule has 4 aromatic rings. The number of rotatable bonds is 7. The van der Waals surface area contributed by atoms with Gasteiger partial charge < -0.3 is 14.4 Å². The molecule has 0 amide bonds. The van der Waals surface area contributed by atoms with Gasteiger partial charge in [0.15, 0.2) is 0 Å². The summed E-state index contributed by atoms with van der Waals surface area (Å²) in [5.74, 6) is 1.29. The molecular weight excluding hydrogens is 424 g/mol. The highest BCUT2D eigenvalue weighted by atomic mass is 16.5. The van der Waals surface area contributed by atoms with Crippen LogP contribution >= 0.6 is 0 Å². The van der Waals surface area contributed by atoms with Gasteiger partial charge in [-0.3, -0.25) is 0 Å². The van der Waals surface area contributed by atoms with E-state index in [-0.39, 0.29) is 5.56 Å². The largest absolute Gasteiger partial charge is 0.489 e. The zero-order valence-electron chi connectivity index (χ0n) is 19.1. The van der Waals surface area contributed by atoms with Crippen LogP contribution in [0.15, 0.2) is 85.5 Å². The van der Waals surface area contributed by atoms with Crippen molar-refractivity contribution >= 4 is 17.0 Å². The number of ether oxygens (including phenoxy) is 1. The second kappa shape index (κ2) is 9.56. The number of carbonyl (C=O) groups is 1. The van der Waals surface area contributed by atoms with Crippen molar-refractivity contribution in [3.05, 3.63) is 96.6 Å². The first kappa shape index (κ1) is 22.0. The van der Waals surface area contributed by atoms with Crippen molar-refractivity contribution in [1.82, 2.24) is 9.55 Å². The van der Waals surface area contributed by atoms with Crippen molar-refractivity contribution < 1.29 is 14.6 Å². The van der Waals surface area contributed by atoms with Crippen LogP contribution in [-0.4, -0.2) is 20.6 Å². The van der Waals surface area contributed by atoms with E-state index in [2.05, 4.69) is 17.2 Å². The van der Waals surface area contributed by atoms with Crippen molar-refractivity contribution in [2.75, 3.05) is 0 Å². The SMILES string of the molecule is C=CC1CCC(n2c(-c3ccc(OCc4ccccc4)cc3)nc3cc(C(=O)O)ccc32)CC1. The highest BCUT2D eigenvalue weighted by molar-refractivity contribution is 5.93. The third-order valence-corrected chi connectivity index (χ3v) is 6.74. The van der Waals surface area contributed by atoms with Crippen LogP contribution in [0.5, 0.6) is 5.75 Å². The zero-order valence-corrected chi connectivity index (χ0v) is 19.1. The van der Waals surface area contributed by atoms with E-state index in [4.69, 9.17) is 9.72 Å². The highest BCUT2D eigenvalue weighted by Crippen LogP contribution is 2.38. The number of nitrogens with zero attached hydrogens (tertiary/aromatic N) is 2. The maximum Gasteiger partial charge on any atom is 0.335 e. The molecule has 1 aromatic heterocycles. The molecule has 3 aromatic carbocycles. The Hall–Kier alpha value is -3.86. The quantitative estimate of drug-likeness (QED) is 0.310. The van der Waals surface area contributed by atoms with Gasteiger partial charge in [-0.05, 0) is 79.6 Å². The minimum absolute atomic E-state index is 0.253. The van der Waals surface area contributed by atoms with Crippen LogP contribution in [0.3, 0.4) is 0 Å². The molecule has 5 heteroatoms. The minimum atomic E-state index is -0.940. The Kier molecular flexibility index (Phi) is 6.17. The molecule has 1 aliphatic rings. The molecule has 0 unspecified atom stereocenters. The summed E-state index contributed by atoms with van der Waals surface area (Å²) in [4.78, 5) is 16.4. The maximum atomic E-state index is 11.5. The summed E-state index contributed by atoms with van der Waals surface area (Å²) in [5.41, 5.74) is 4.06. The van der Waals surface area contributed by atoms with Crippen LogP contribution in [0.4, 0.5) is 0 Å². The van der Waals surface area contributed by atoms with Crippen molar-refractivity contribution in [3.63, 3.8) is 0 Å². The smallest absolute Gasteiger partial charge is 0.335 e. The van der Waals surface area contributed by atoms with E-state index < -0.39 is 5.97 Å². The van der Waals surface area contributed by atoms with Gasteiger partial charge >= 0.3 is 5.97 Å². The third kappa shape index (κ3) is 4.46. The standard InChI is InChI=1S/C29H28N2O3/c1-2-20-8-13-24(14-9-20)31-27-17-12-23(29(32)33)18-26(27)30-28(31)22-10-15-25(16-11-22)34-19-21-6-4-3-5-7-21/h2-7,10-12,15-18,20,24H,1,8-9,13-14,19H2,(H,32,33). The van der Waals surface area contributed by atoms with E-state index in [1.54, 1.807) is 12.1 Å². The van der Waals surface area contributed by atoms with E-state index in [9.17, 15) is 9.90 Å². The summed E-state index contributed by atoms with van der Waals surface area (Å²) in [6.07, 6.45) is 6.37. The zero-order chi connectivity index (χ0) is 23.5. The molecule has 0 spiro atoms. The first-order valence-electron chi connectivity index (χ1n) is 11.8. The van der Waals surface area contributed by atoms with Crippen LogP contribution in [0.1, 0.15) is 47.6 Å². The number of carboxylic acid groups (broad SMARTS) is 1. The van der Waals surface area contributed by atoms with Crippen molar-refractivity contribution in [2.45, 2.75) is 38.3 Å². The molecule has 0 aliphatic heterocycles. The molecule has 1 heterocycles. The predicted octanol–water partition coefficient (Wildman–Crippen LogP) is 6.90. The Morgan fingerprint density at radius 2 is 1.76 bits per heavy atom. The van der Waals surface area contributed by atoms with E-state index in [1.165, 1.54) is 0 Å². The van der Waals surface area contributed by atoms with Gasteiger partial charge in [-0.15, -0.1) is 6.58 Å². The van der Waals surface area contributed by atoms with Crippen LogP contribution < -0.4 is 4.74 Å². The lowest BCUT2D eigenvalue weighted by Gasteiger charge is -2.29. The molecule has 0 atom stereocenters. The summed E-state index contributed by atoms with van der Waals surface area (Å²) in [6.45, 7) is 4.49. The number of fused-ring (bicyclic) bond motifs is 1. The fraction of sp³-hybridized carbons (Fsp3) is 0.241. The number of hydrogen-bond donors (Lipinski definition) is 1. The molecule has 1 aliphatic carbocycles. The number of aromatic nitrogens is 2. The van der Waals surface area contributed by atoms with Gasteiger partial charge in [-0.1, -0.05) is 36.4 Å². The second-order valence-electron chi connectivity index (χ2n) is 8.92. The van der Waals surface area contributed by atoms with Gasteiger partial charge in [0.1, 0.15) is 18.2 Å². The molecule has 1 N–H and O–H groups in total. The van der Waals surface area contributed by atoms with Gasteiger partial charge in [0.05, 0.1) is 16.6 Å². The lowest BCUT2D eigenvalue weighted by Crippen LogP contribution is -2.18. The van der Waals surface area contributed by atoms with Gasteiger partial charge in [0.2, 0.25) is 0 Å². The average molecular weight is 453 g/mol. The van der Waals surface area contributed by atoms with Gasteiger partial charge in [-0.2, -0.15) is 0 Å². The van der Waals surface area contributed by atoms with Crippen molar-refractivity contribution in [2.24, 2.45) is 5.92 Å². The van der Waals surface area contributed by atoms with Gasteiger partial charge in [0.25, 0.3) is 0 Å². The van der Waals surface area contributed by atoms with Crippen molar-refractivity contribution in [3.8, 4) is 17.1 Å². The molecule has 5 rings (SSSR count). The predicted molar refractivity (Wildman–Crippen MR) is 134 cm³/mol. The summed E-state index contributed by atoms with van der Waals surface area (Å²) in [5, 5.41) is 9.45. The summed E-state index contributed by atoms with van der Waals surface area (Å²) in [6, 6.07) is 23.7. The lowest BCUT2D eigenvalue weighted by molar-refractivity contribution is 0.0697. The van der Waals surface area contributed by atoms with Gasteiger partial charge in [-0.25, -0.2) is 9.78 Å². The first-order chi connectivity index (χ1) is 16.6. The van der Waals surface area contributed by atoms with Crippen LogP contribution in [0, 0.1) is 5.92 Å². The summed E-state index contributed by atoms with van der Waals surface area (Å²) < 4.78 is 8.26. The monoisotopic (exact) mass is 452 g/mol.